The summed E-state index contributed by atoms with van der Waals surface area (Å²) < 4.78 is 5.58. The topological polar surface area (TPSA) is 51.2 Å². The standard InChI is InChI=1S/C17H20N2O2S/c1-12(2)21-16-7-4-14(5-8-16)10-18-17(20)9-6-15-11-22-13(3)19-15/h4-9,11-12H,10H2,1-3H3,(H,18,20)/b9-6+. The summed E-state index contributed by atoms with van der Waals surface area (Å²) in [7, 11) is 0. The number of aryl methyl sites for hydroxylation is 1. The Labute approximate surface area is 134 Å². The van der Waals surface area contributed by atoms with Crippen LogP contribution in [0.25, 0.3) is 6.08 Å². The summed E-state index contributed by atoms with van der Waals surface area (Å²) in [4.78, 5) is 16.0. The van der Waals surface area contributed by atoms with Gasteiger partial charge >= 0.3 is 0 Å². The van der Waals surface area contributed by atoms with E-state index in [1.807, 2.05) is 50.4 Å². The number of ether oxygens (including phenoxy) is 1. The van der Waals surface area contributed by atoms with Crippen LogP contribution in [-0.4, -0.2) is 17.0 Å². The van der Waals surface area contributed by atoms with E-state index in [-0.39, 0.29) is 12.0 Å². The third-order valence-corrected chi connectivity index (χ3v) is 3.60. The number of rotatable bonds is 6. The zero-order chi connectivity index (χ0) is 15.9. The number of amides is 1. The number of thiazole rings is 1. The zero-order valence-corrected chi connectivity index (χ0v) is 13.8. The molecule has 1 heterocycles. The lowest BCUT2D eigenvalue weighted by molar-refractivity contribution is -0.116. The first-order valence-electron chi connectivity index (χ1n) is 7.16. The van der Waals surface area contributed by atoms with Gasteiger partial charge in [0.05, 0.1) is 16.8 Å². The Morgan fingerprint density at radius 1 is 1.36 bits per heavy atom. The molecule has 0 aliphatic carbocycles. The molecule has 1 aromatic carbocycles. The molecule has 2 rings (SSSR count). The molecule has 0 spiro atoms. The van der Waals surface area contributed by atoms with Crippen molar-refractivity contribution < 1.29 is 9.53 Å². The molecule has 22 heavy (non-hydrogen) atoms. The van der Waals surface area contributed by atoms with E-state index in [0.29, 0.717) is 6.54 Å². The fourth-order valence-electron chi connectivity index (χ4n) is 1.82. The highest BCUT2D eigenvalue weighted by atomic mass is 32.1. The molecule has 0 fully saturated rings. The summed E-state index contributed by atoms with van der Waals surface area (Å²) >= 11 is 1.57. The SMILES string of the molecule is Cc1nc(/C=C/C(=O)NCc2ccc(OC(C)C)cc2)cs1. The molecule has 0 aliphatic rings. The van der Waals surface area contributed by atoms with Crippen molar-refractivity contribution in [3.05, 3.63) is 52.0 Å². The Kier molecular flexibility index (Phi) is 5.72. The van der Waals surface area contributed by atoms with Crippen molar-refractivity contribution >= 4 is 23.3 Å². The van der Waals surface area contributed by atoms with E-state index in [2.05, 4.69) is 10.3 Å². The summed E-state index contributed by atoms with van der Waals surface area (Å²) in [5, 5.41) is 5.76. The first-order chi connectivity index (χ1) is 10.5. The maximum atomic E-state index is 11.8. The number of carbonyl (C=O) groups excluding carboxylic acids is 1. The Hall–Kier alpha value is -2.14. The summed E-state index contributed by atoms with van der Waals surface area (Å²) in [5.74, 6) is 0.706. The Balaban J connectivity index is 1.82. The van der Waals surface area contributed by atoms with Crippen LogP contribution in [0.15, 0.2) is 35.7 Å². The quantitative estimate of drug-likeness (QED) is 0.829. The van der Waals surface area contributed by atoms with Gasteiger partial charge in [0.25, 0.3) is 0 Å². The van der Waals surface area contributed by atoms with Crippen molar-refractivity contribution in [3.8, 4) is 5.75 Å². The van der Waals surface area contributed by atoms with Gasteiger partial charge in [-0.05, 0) is 44.5 Å². The van der Waals surface area contributed by atoms with E-state index in [4.69, 9.17) is 4.74 Å². The number of benzene rings is 1. The van der Waals surface area contributed by atoms with Gasteiger partial charge in [-0.3, -0.25) is 4.79 Å². The monoisotopic (exact) mass is 316 g/mol. The number of nitrogens with zero attached hydrogens (tertiary/aromatic N) is 1. The largest absolute Gasteiger partial charge is 0.491 e. The van der Waals surface area contributed by atoms with Crippen LogP contribution in [0.5, 0.6) is 5.75 Å². The van der Waals surface area contributed by atoms with Crippen LogP contribution < -0.4 is 10.1 Å². The second kappa shape index (κ2) is 7.75. The van der Waals surface area contributed by atoms with Crippen molar-refractivity contribution in [3.63, 3.8) is 0 Å². The number of aromatic nitrogens is 1. The van der Waals surface area contributed by atoms with Gasteiger partial charge < -0.3 is 10.1 Å². The number of hydrogen-bond acceptors (Lipinski definition) is 4. The van der Waals surface area contributed by atoms with Gasteiger partial charge in [0.1, 0.15) is 5.75 Å². The molecule has 1 amide bonds. The van der Waals surface area contributed by atoms with Gasteiger partial charge in [-0.1, -0.05) is 12.1 Å². The lowest BCUT2D eigenvalue weighted by Crippen LogP contribution is -2.20. The summed E-state index contributed by atoms with van der Waals surface area (Å²) in [6.45, 7) is 6.41. The molecule has 1 N–H and O–H groups in total. The molecule has 0 bridgehead atoms. The predicted octanol–water partition coefficient (Wildman–Crippen LogP) is 3.57. The minimum atomic E-state index is -0.131. The van der Waals surface area contributed by atoms with Crippen molar-refractivity contribution in [1.82, 2.24) is 10.3 Å². The van der Waals surface area contributed by atoms with E-state index in [9.17, 15) is 4.79 Å². The molecule has 116 valence electrons. The lowest BCUT2D eigenvalue weighted by atomic mass is 10.2. The molecular weight excluding hydrogens is 296 g/mol. The highest BCUT2D eigenvalue weighted by Gasteiger charge is 2.00. The lowest BCUT2D eigenvalue weighted by Gasteiger charge is -2.10. The van der Waals surface area contributed by atoms with Crippen LogP contribution in [-0.2, 0) is 11.3 Å². The van der Waals surface area contributed by atoms with E-state index in [0.717, 1.165) is 22.0 Å². The van der Waals surface area contributed by atoms with Gasteiger partial charge in [-0.2, -0.15) is 0 Å². The first kappa shape index (κ1) is 16.2. The van der Waals surface area contributed by atoms with Crippen LogP contribution in [0, 0.1) is 6.92 Å². The van der Waals surface area contributed by atoms with Gasteiger partial charge in [0.2, 0.25) is 5.91 Å². The van der Waals surface area contributed by atoms with Gasteiger partial charge in [-0.15, -0.1) is 11.3 Å². The molecule has 2 aromatic rings. The fraction of sp³-hybridized carbons (Fsp3) is 0.294. The highest BCUT2D eigenvalue weighted by molar-refractivity contribution is 7.09. The molecule has 1 aromatic heterocycles. The van der Waals surface area contributed by atoms with Gasteiger partial charge in [-0.25, -0.2) is 4.98 Å². The van der Waals surface area contributed by atoms with Crippen molar-refractivity contribution in [2.75, 3.05) is 0 Å². The molecule has 0 radical (unpaired) electrons. The van der Waals surface area contributed by atoms with E-state index in [1.165, 1.54) is 6.08 Å². The molecule has 0 aliphatic heterocycles. The van der Waals surface area contributed by atoms with Crippen molar-refractivity contribution in [2.24, 2.45) is 0 Å². The maximum Gasteiger partial charge on any atom is 0.244 e. The van der Waals surface area contributed by atoms with Gasteiger partial charge in [0, 0.05) is 18.0 Å². The number of hydrogen-bond donors (Lipinski definition) is 1. The first-order valence-corrected chi connectivity index (χ1v) is 8.04. The maximum absolute atomic E-state index is 11.8. The zero-order valence-electron chi connectivity index (χ0n) is 13.0. The van der Waals surface area contributed by atoms with Crippen LogP contribution in [0.1, 0.15) is 30.1 Å². The van der Waals surface area contributed by atoms with Crippen LogP contribution >= 0.6 is 11.3 Å². The Morgan fingerprint density at radius 2 is 2.09 bits per heavy atom. The molecule has 0 atom stereocenters. The number of nitrogens with one attached hydrogen (secondary N) is 1. The van der Waals surface area contributed by atoms with Gasteiger partial charge in [0.15, 0.2) is 0 Å². The van der Waals surface area contributed by atoms with Crippen molar-refractivity contribution in [1.29, 1.82) is 0 Å². The third-order valence-electron chi connectivity index (χ3n) is 2.80. The van der Waals surface area contributed by atoms with Crippen LogP contribution in [0.4, 0.5) is 0 Å². The minimum Gasteiger partial charge on any atom is -0.491 e. The van der Waals surface area contributed by atoms with E-state index in [1.54, 1.807) is 17.4 Å². The molecule has 5 heteroatoms. The molecule has 0 unspecified atom stereocenters. The molecule has 0 saturated heterocycles. The van der Waals surface area contributed by atoms with Crippen LogP contribution in [0.2, 0.25) is 0 Å². The predicted molar refractivity (Wildman–Crippen MR) is 89.9 cm³/mol. The average Bonchev–Trinajstić information content (AvgIpc) is 2.89. The summed E-state index contributed by atoms with van der Waals surface area (Å²) in [6, 6.07) is 7.72. The second-order valence-corrected chi connectivity index (χ2v) is 6.22. The normalized spacial score (nSPS) is 11.1. The smallest absolute Gasteiger partial charge is 0.244 e. The van der Waals surface area contributed by atoms with E-state index < -0.39 is 0 Å². The molecule has 4 nitrogen and oxygen atoms in total. The van der Waals surface area contributed by atoms with E-state index >= 15 is 0 Å². The average molecular weight is 316 g/mol. The summed E-state index contributed by atoms with van der Waals surface area (Å²) in [5.41, 5.74) is 1.84. The molecule has 0 saturated carbocycles. The third kappa shape index (κ3) is 5.33. The highest BCUT2D eigenvalue weighted by Crippen LogP contribution is 2.13. The fourth-order valence-corrected chi connectivity index (χ4v) is 2.40. The Morgan fingerprint density at radius 3 is 2.68 bits per heavy atom. The van der Waals surface area contributed by atoms with Crippen molar-refractivity contribution in [2.45, 2.75) is 33.4 Å². The number of carbonyl (C=O) groups is 1. The van der Waals surface area contributed by atoms with Crippen LogP contribution in [0.3, 0.4) is 0 Å². The molecular formula is C17H20N2O2S. The summed E-state index contributed by atoms with van der Waals surface area (Å²) in [6.07, 6.45) is 3.38. The Bertz CT molecular complexity index is 645. The minimum absolute atomic E-state index is 0.131. The second-order valence-electron chi connectivity index (χ2n) is 5.15.